The van der Waals surface area contributed by atoms with Gasteiger partial charge in [0.2, 0.25) is 0 Å². The van der Waals surface area contributed by atoms with Gasteiger partial charge in [-0.05, 0) is 49.9 Å². The number of carbonyl (C=O) groups excluding carboxylic acids is 1. The van der Waals surface area contributed by atoms with E-state index in [1.807, 2.05) is 28.8 Å². The van der Waals surface area contributed by atoms with Gasteiger partial charge in [-0.25, -0.2) is 18.7 Å². The van der Waals surface area contributed by atoms with Crippen molar-refractivity contribution >= 4 is 23.0 Å². The number of halogens is 2. The third kappa shape index (κ3) is 3.95. The number of rotatable bonds is 5. The van der Waals surface area contributed by atoms with Crippen LogP contribution < -0.4 is 10.6 Å². The summed E-state index contributed by atoms with van der Waals surface area (Å²) in [4.78, 5) is 20.8. The molecule has 0 bridgehead atoms. The van der Waals surface area contributed by atoms with Crippen LogP contribution in [0.1, 0.15) is 48.2 Å². The fourth-order valence-corrected chi connectivity index (χ4v) is 4.17. The molecule has 7 nitrogen and oxygen atoms in total. The summed E-state index contributed by atoms with van der Waals surface area (Å²) in [6.07, 6.45) is 7.52. The Labute approximate surface area is 177 Å². The van der Waals surface area contributed by atoms with Crippen LogP contribution in [-0.2, 0) is 0 Å². The molecule has 1 aliphatic carbocycles. The van der Waals surface area contributed by atoms with Crippen molar-refractivity contribution in [1.29, 1.82) is 0 Å². The van der Waals surface area contributed by atoms with E-state index in [0.29, 0.717) is 11.2 Å². The van der Waals surface area contributed by atoms with Crippen molar-refractivity contribution in [3.63, 3.8) is 0 Å². The van der Waals surface area contributed by atoms with Crippen molar-refractivity contribution in [2.45, 2.75) is 44.2 Å². The highest BCUT2D eigenvalue weighted by atomic mass is 19.3. The van der Waals surface area contributed by atoms with Crippen LogP contribution in [-0.4, -0.2) is 36.8 Å². The lowest BCUT2D eigenvalue weighted by atomic mass is 9.91. The number of carbonyl (C=O) groups is 1. The lowest BCUT2D eigenvalue weighted by Gasteiger charge is -2.30. The molecule has 1 fully saturated rings. The molecule has 31 heavy (non-hydrogen) atoms. The molecule has 0 atom stereocenters. The molecule has 0 spiro atoms. The van der Waals surface area contributed by atoms with Crippen LogP contribution in [0.3, 0.4) is 0 Å². The Morgan fingerprint density at radius 3 is 2.65 bits per heavy atom. The lowest BCUT2D eigenvalue weighted by Crippen LogP contribution is -2.40. The average molecular weight is 424 g/mol. The van der Waals surface area contributed by atoms with Gasteiger partial charge in [0.25, 0.3) is 12.3 Å². The minimum atomic E-state index is -2.60. The molecule has 4 aromatic heterocycles. The molecule has 1 saturated carbocycles. The quantitative estimate of drug-likeness (QED) is 0.506. The molecule has 0 aliphatic heterocycles. The number of alkyl halides is 2. The molecule has 9 heteroatoms. The van der Waals surface area contributed by atoms with Crippen LogP contribution >= 0.6 is 0 Å². The van der Waals surface area contributed by atoms with E-state index in [1.165, 1.54) is 6.20 Å². The van der Waals surface area contributed by atoms with E-state index in [9.17, 15) is 13.6 Å². The first-order chi connectivity index (χ1) is 15.1. The first-order valence-electron chi connectivity index (χ1n) is 10.3. The number of hydrogen-bond acceptors (Lipinski definition) is 4. The van der Waals surface area contributed by atoms with E-state index in [-0.39, 0.29) is 23.7 Å². The molecular formula is C22H22F2N6O. The summed E-state index contributed by atoms with van der Waals surface area (Å²) in [5.74, 6) is 0.660. The normalized spacial score (nSPS) is 19.2. The van der Waals surface area contributed by atoms with Crippen LogP contribution in [0.25, 0.3) is 11.3 Å². The minimum absolute atomic E-state index is 0.0882. The minimum Gasteiger partial charge on any atom is -0.368 e. The highest BCUT2D eigenvalue weighted by molar-refractivity contribution is 5.94. The lowest BCUT2D eigenvalue weighted by molar-refractivity contribution is 0.0926. The van der Waals surface area contributed by atoms with E-state index in [4.69, 9.17) is 0 Å². The van der Waals surface area contributed by atoms with Gasteiger partial charge in [0.1, 0.15) is 22.8 Å². The molecule has 0 radical (unpaired) electrons. The van der Waals surface area contributed by atoms with Gasteiger partial charge in [0, 0.05) is 36.9 Å². The van der Waals surface area contributed by atoms with Crippen molar-refractivity contribution in [2.75, 3.05) is 5.32 Å². The zero-order valence-corrected chi connectivity index (χ0v) is 16.7. The number of amides is 1. The molecule has 1 amide bonds. The van der Waals surface area contributed by atoms with Gasteiger partial charge in [-0.1, -0.05) is 6.07 Å². The van der Waals surface area contributed by atoms with Crippen LogP contribution in [0.2, 0.25) is 0 Å². The van der Waals surface area contributed by atoms with Crippen LogP contribution in [0, 0.1) is 0 Å². The molecule has 1 aliphatic rings. The van der Waals surface area contributed by atoms with E-state index in [0.717, 1.165) is 37.1 Å². The predicted octanol–water partition coefficient (Wildman–Crippen LogP) is 4.07. The summed E-state index contributed by atoms with van der Waals surface area (Å²) >= 11 is 0. The van der Waals surface area contributed by atoms with Crippen LogP contribution in [0.4, 0.5) is 14.6 Å². The van der Waals surface area contributed by atoms with Gasteiger partial charge in [0.15, 0.2) is 0 Å². The van der Waals surface area contributed by atoms with Crippen molar-refractivity contribution in [2.24, 2.45) is 0 Å². The molecule has 0 saturated heterocycles. The van der Waals surface area contributed by atoms with Crippen molar-refractivity contribution in [1.82, 2.24) is 24.1 Å². The smallest absolute Gasteiger partial charge is 0.281 e. The van der Waals surface area contributed by atoms with Crippen LogP contribution in [0.15, 0.2) is 55.1 Å². The van der Waals surface area contributed by atoms with E-state index in [2.05, 4.69) is 20.6 Å². The summed E-state index contributed by atoms with van der Waals surface area (Å²) in [6.45, 7) is 0. The van der Waals surface area contributed by atoms with Gasteiger partial charge in [-0.15, -0.1) is 0 Å². The maximum atomic E-state index is 13.0. The highest BCUT2D eigenvalue weighted by Crippen LogP contribution is 2.25. The summed E-state index contributed by atoms with van der Waals surface area (Å²) < 4.78 is 29.5. The highest BCUT2D eigenvalue weighted by Gasteiger charge is 2.24. The summed E-state index contributed by atoms with van der Waals surface area (Å²) in [5, 5.41) is 6.58. The maximum Gasteiger partial charge on any atom is 0.281 e. The Kier molecular flexibility index (Phi) is 5.01. The summed E-state index contributed by atoms with van der Waals surface area (Å²) in [6, 6.07) is 9.31. The van der Waals surface area contributed by atoms with Gasteiger partial charge >= 0.3 is 0 Å². The Bertz CT molecular complexity index is 1230. The maximum absolute atomic E-state index is 13.0. The molecule has 4 heterocycles. The van der Waals surface area contributed by atoms with Crippen molar-refractivity contribution in [3.05, 3.63) is 66.4 Å². The molecule has 0 unspecified atom stereocenters. The third-order valence-corrected chi connectivity index (χ3v) is 5.80. The molecule has 5 rings (SSSR count). The first-order valence-corrected chi connectivity index (χ1v) is 10.3. The number of fused-ring (bicyclic) bond motifs is 2. The molecule has 4 aromatic rings. The molecular weight excluding hydrogens is 402 g/mol. The predicted molar refractivity (Wildman–Crippen MR) is 112 cm³/mol. The average Bonchev–Trinajstić information content (AvgIpc) is 3.42. The van der Waals surface area contributed by atoms with E-state index >= 15 is 0 Å². The monoisotopic (exact) mass is 424 g/mol. The number of nitrogens with one attached hydrogen (secondary N) is 2. The standard InChI is InChI=1S/C22H22F2N6O/c23-21(24)17-13-30-19(2-1-3-20(30)28-17)26-15-5-7-16(8-6-15)27-22(31)14-4-9-18-25-10-11-29(18)12-14/h1-4,9-13,15-16,21,26H,5-8H2,(H,27,31). The first kappa shape index (κ1) is 19.5. The molecule has 2 N–H and O–H groups in total. The van der Waals surface area contributed by atoms with Gasteiger partial charge in [-0.3, -0.25) is 9.20 Å². The number of anilines is 1. The van der Waals surface area contributed by atoms with Gasteiger partial charge < -0.3 is 15.0 Å². The summed E-state index contributed by atoms with van der Waals surface area (Å²) in [7, 11) is 0. The fraction of sp³-hybridized carbons (Fsp3) is 0.318. The Hall–Kier alpha value is -3.49. The topological polar surface area (TPSA) is 75.7 Å². The summed E-state index contributed by atoms with van der Waals surface area (Å²) in [5.41, 5.74) is 1.68. The van der Waals surface area contributed by atoms with Crippen molar-refractivity contribution in [3.8, 4) is 0 Å². The number of hydrogen-bond donors (Lipinski definition) is 2. The second-order valence-electron chi connectivity index (χ2n) is 7.88. The van der Waals surface area contributed by atoms with Crippen LogP contribution in [0.5, 0.6) is 0 Å². The van der Waals surface area contributed by atoms with E-state index in [1.54, 1.807) is 28.9 Å². The van der Waals surface area contributed by atoms with Gasteiger partial charge in [0.05, 0.1) is 5.56 Å². The number of imidazole rings is 2. The van der Waals surface area contributed by atoms with E-state index < -0.39 is 6.43 Å². The Morgan fingerprint density at radius 1 is 1.03 bits per heavy atom. The second kappa shape index (κ2) is 7.98. The fourth-order valence-electron chi connectivity index (χ4n) is 4.17. The number of aromatic nitrogens is 4. The molecule has 160 valence electrons. The van der Waals surface area contributed by atoms with Gasteiger partial charge in [-0.2, -0.15) is 0 Å². The number of pyridine rings is 2. The largest absolute Gasteiger partial charge is 0.368 e. The van der Waals surface area contributed by atoms with Crippen molar-refractivity contribution < 1.29 is 13.6 Å². The zero-order chi connectivity index (χ0) is 21.4. The third-order valence-electron chi connectivity index (χ3n) is 5.80. The SMILES string of the molecule is O=C(NC1CCC(Nc2cccc3nc(C(F)F)cn23)CC1)c1ccc2nccn2c1. The Balaban J connectivity index is 1.20. The zero-order valence-electron chi connectivity index (χ0n) is 16.7. The Morgan fingerprint density at radius 2 is 1.84 bits per heavy atom. The molecule has 0 aromatic carbocycles. The second-order valence-corrected chi connectivity index (χ2v) is 7.88. The number of nitrogens with zero attached hydrogens (tertiary/aromatic N) is 4.